The number of pyridine rings is 1. The van der Waals surface area contributed by atoms with Crippen LogP contribution in [0.25, 0.3) is 5.78 Å². The monoisotopic (exact) mass is 254 g/mol. The minimum atomic E-state index is 0.606. The van der Waals surface area contributed by atoms with Gasteiger partial charge in [-0.15, -0.1) is 0 Å². The normalized spacial score (nSPS) is 10.8. The van der Waals surface area contributed by atoms with E-state index < -0.39 is 0 Å². The van der Waals surface area contributed by atoms with Crippen molar-refractivity contribution >= 4 is 11.6 Å². The number of rotatable bonds is 3. The molecule has 0 fully saturated rings. The predicted octanol–water partition coefficient (Wildman–Crippen LogP) is 1.75. The van der Waals surface area contributed by atoms with Gasteiger partial charge in [0.1, 0.15) is 12.1 Å². The van der Waals surface area contributed by atoms with Crippen LogP contribution in [0.3, 0.4) is 0 Å². The first-order valence-corrected chi connectivity index (χ1v) is 6.05. The number of fused-ring (bicyclic) bond motifs is 1. The first-order valence-electron chi connectivity index (χ1n) is 6.05. The van der Waals surface area contributed by atoms with Crippen LogP contribution in [-0.2, 0) is 6.54 Å². The number of hydrogen-bond acceptors (Lipinski definition) is 5. The predicted molar refractivity (Wildman–Crippen MR) is 71.8 cm³/mol. The Morgan fingerprint density at radius 2 is 2.21 bits per heavy atom. The van der Waals surface area contributed by atoms with Crippen molar-refractivity contribution in [2.24, 2.45) is 0 Å². The maximum atomic E-state index is 4.31. The fourth-order valence-corrected chi connectivity index (χ4v) is 1.94. The molecule has 1 N–H and O–H groups in total. The second kappa shape index (κ2) is 4.64. The molecule has 0 spiro atoms. The molecular weight excluding hydrogens is 240 g/mol. The molecule has 6 nitrogen and oxygen atoms in total. The third kappa shape index (κ3) is 2.24. The third-order valence-corrected chi connectivity index (χ3v) is 2.98. The second-order valence-electron chi connectivity index (χ2n) is 4.41. The summed E-state index contributed by atoms with van der Waals surface area (Å²) in [5.74, 6) is 1.49. The molecule has 3 heterocycles. The van der Waals surface area contributed by atoms with Gasteiger partial charge in [0.05, 0.1) is 0 Å². The third-order valence-electron chi connectivity index (χ3n) is 2.98. The Labute approximate surface area is 110 Å². The summed E-state index contributed by atoms with van der Waals surface area (Å²) in [4.78, 5) is 12.5. The van der Waals surface area contributed by atoms with E-state index >= 15 is 0 Å². The topological polar surface area (TPSA) is 68.0 Å². The number of nitrogens with zero attached hydrogens (tertiary/aromatic N) is 5. The fraction of sp³-hybridized carbons (Fsp3) is 0.231. The van der Waals surface area contributed by atoms with E-state index in [0.29, 0.717) is 12.3 Å². The molecule has 0 amide bonds. The van der Waals surface area contributed by atoms with Crippen molar-refractivity contribution in [3.63, 3.8) is 0 Å². The van der Waals surface area contributed by atoms with Gasteiger partial charge in [-0.2, -0.15) is 14.6 Å². The average molecular weight is 254 g/mol. The van der Waals surface area contributed by atoms with Gasteiger partial charge in [-0.3, -0.25) is 4.98 Å². The fourth-order valence-electron chi connectivity index (χ4n) is 1.94. The first-order chi connectivity index (χ1) is 9.24. The zero-order valence-electron chi connectivity index (χ0n) is 10.8. The van der Waals surface area contributed by atoms with Crippen LogP contribution in [0.4, 0.5) is 5.82 Å². The van der Waals surface area contributed by atoms with Crippen LogP contribution in [0.5, 0.6) is 0 Å². The van der Waals surface area contributed by atoms with Crippen LogP contribution in [0.15, 0.2) is 30.9 Å². The van der Waals surface area contributed by atoms with E-state index in [1.165, 1.54) is 11.9 Å². The molecule has 0 aliphatic rings. The van der Waals surface area contributed by atoms with Gasteiger partial charge in [-0.05, 0) is 31.0 Å². The highest BCUT2D eigenvalue weighted by molar-refractivity contribution is 5.45. The second-order valence-corrected chi connectivity index (χ2v) is 4.41. The molecule has 3 aromatic heterocycles. The standard InChI is InChI=1S/C13H14N6/c1-9-6-14-4-3-11(9)7-15-12-5-10(2)18-13-16-8-17-19(12)13/h3-6,8,15H,7H2,1-2H3. The molecule has 0 saturated carbocycles. The number of aromatic nitrogens is 5. The SMILES string of the molecule is Cc1cc(NCc2ccncc2C)n2ncnc2n1. The Morgan fingerprint density at radius 3 is 3.05 bits per heavy atom. The lowest BCUT2D eigenvalue weighted by Gasteiger charge is -2.10. The van der Waals surface area contributed by atoms with E-state index in [1.807, 2.05) is 32.2 Å². The van der Waals surface area contributed by atoms with Crippen molar-refractivity contribution in [3.8, 4) is 0 Å². The molecule has 0 unspecified atom stereocenters. The van der Waals surface area contributed by atoms with Gasteiger partial charge in [0, 0.05) is 30.7 Å². The van der Waals surface area contributed by atoms with Crippen molar-refractivity contribution in [3.05, 3.63) is 47.7 Å². The van der Waals surface area contributed by atoms with Gasteiger partial charge in [0.15, 0.2) is 0 Å². The quantitative estimate of drug-likeness (QED) is 0.771. The molecule has 0 bridgehead atoms. The van der Waals surface area contributed by atoms with Crippen molar-refractivity contribution in [1.82, 2.24) is 24.6 Å². The smallest absolute Gasteiger partial charge is 0.254 e. The first kappa shape index (κ1) is 11.6. The Bertz CT molecular complexity index is 718. The highest BCUT2D eigenvalue weighted by atomic mass is 15.3. The number of anilines is 1. The molecule has 96 valence electrons. The van der Waals surface area contributed by atoms with E-state index in [1.54, 1.807) is 10.7 Å². The summed E-state index contributed by atoms with van der Waals surface area (Å²) < 4.78 is 1.70. The Morgan fingerprint density at radius 1 is 1.32 bits per heavy atom. The van der Waals surface area contributed by atoms with Crippen LogP contribution >= 0.6 is 0 Å². The van der Waals surface area contributed by atoms with Crippen LogP contribution in [0.2, 0.25) is 0 Å². The van der Waals surface area contributed by atoms with Crippen molar-refractivity contribution in [2.45, 2.75) is 20.4 Å². The summed E-state index contributed by atoms with van der Waals surface area (Å²) in [5.41, 5.74) is 3.28. The summed E-state index contributed by atoms with van der Waals surface area (Å²) in [6.07, 6.45) is 5.16. The minimum Gasteiger partial charge on any atom is -0.366 e. The lowest BCUT2D eigenvalue weighted by molar-refractivity contribution is 0.914. The Hall–Kier alpha value is -2.50. The number of hydrogen-bond donors (Lipinski definition) is 1. The van der Waals surface area contributed by atoms with E-state index in [2.05, 4.69) is 25.4 Å². The van der Waals surface area contributed by atoms with Crippen molar-refractivity contribution < 1.29 is 0 Å². The summed E-state index contributed by atoms with van der Waals surface area (Å²) in [7, 11) is 0. The van der Waals surface area contributed by atoms with Crippen LogP contribution in [0, 0.1) is 13.8 Å². The Kier molecular flexibility index (Phi) is 2.83. The molecule has 0 aliphatic heterocycles. The molecule has 3 rings (SSSR count). The summed E-state index contributed by atoms with van der Waals surface area (Å²) in [6.45, 7) is 4.71. The largest absolute Gasteiger partial charge is 0.366 e. The summed E-state index contributed by atoms with van der Waals surface area (Å²) in [5, 5.41) is 7.53. The molecular formula is C13H14N6. The van der Waals surface area contributed by atoms with Gasteiger partial charge in [-0.1, -0.05) is 0 Å². The van der Waals surface area contributed by atoms with Gasteiger partial charge in [0.2, 0.25) is 0 Å². The van der Waals surface area contributed by atoms with E-state index in [9.17, 15) is 0 Å². The van der Waals surface area contributed by atoms with E-state index in [0.717, 1.165) is 17.1 Å². The molecule has 19 heavy (non-hydrogen) atoms. The van der Waals surface area contributed by atoms with Crippen LogP contribution in [-0.4, -0.2) is 24.6 Å². The van der Waals surface area contributed by atoms with E-state index in [-0.39, 0.29) is 0 Å². The van der Waals surface area contributed by atoms with Gasteiger partial charge in [0.25, 0.3) is 5.78 Å². The summed E-state index contributed by atoms with van der Waals surface area (Å²) in [6, 6.07) is 3.97. The number of nitrogens with one attached hydrogen (secondary N) is 1. The molecule has 3 aromatic rings. The van der Waals surface area contributed by atoms with Crippen molar-refractivity contribution in [1.29, 1.82) is 0 Å². The molecule has 0 atom stereocenters. The molecule has 0 aliphatic carbocycles. The highest BCUT2D eigenvalue weighted by Crippen LogP contribution is 2.13. The zero-order chi connectivity index (χ0) is 13.2. The van der Waals surface area contributed by atoms with Gasteiger partial charge >= 0.3 is 0 Å². The molecule has 6 heteroatoms. The molecule has 0 radical (unpaired) electrons. The maximum absolute atomic E-state index is 4.31. The summed E-state index contributed by atoms with van der Waals surface area (Å²) >= 11 is 0. The van der Waals surface area contributed by atoms with Crippen molar-refractivity contribution in [2.75, 3.05) is 5.32 Å². The number of aryl methyl sites for hydroxylation is 2. The van der Waals surface area contributed by atoms with Crippen LogP contribution < -0.4 is 5.32 Å². The average Bonchev–Trinajstić information content (AvgIpc) is 2.85. The molecule has 0 aromatic carbocycles. The van der Waals surface area contributed by atoms with Crippen LogP contribution in [0.1, 0.15) is 16.8 Å². The highest BCUT2D eigenvalue weighted by Gasteiger charge is 2.05. The minimum absolute atomic E-state index is 0.606. The molecule has 0 saturated heterocycles. The van der Waals surface area contributed by atoms with Gasteiger partial charge < -0.3 is 5.32 Å². The Balaban J connectivity index is 1.90. The van der Waals surface area contributed by atoms with E-state index in [4.69, 9.17) is 0 Å². The van der Waals surface area contributed by atoms with Gasteiger partial charge in [-0.25, -0.2) is 4.98 Å². The maximum Gasteiger partial charge on any atom is 0.254 e. The lowest BCUT2D eigenvalue weighted by Crippen LogP contribution is -2.07. The lowest BCUT2D eigenvalue weighted by atomic mass is 10.1. The zero-order valence-corrected chi connectivity index (χ0v) is 10.8.